The number of pyridine rings is 1. The van der Waals surface area contributed by atoms with E-state index in [1.165, 1.54) is 4.90 Å². The second kappa shape index (κ2) is 11.2. The van der Waals surface area contributed by atoms with Gasteiger partial charge in [0.1, 0.15) is 6.04 Å². The molecule has 2 fully saturated rings. The number of alkyl halides is 3. The lowest BCUT2D eigenvalue weighted by Gasteiger charge is -2.41. The number of rotatable bonds is 1. The number of likely N-dealkylation sites (tertiary alicyclic amines) is 1. The summed E-state index contributed by atoms with van der Waals surface area (Å²) in [5, 5.41) is 5.58. The van der Waals surface area contributed by atoms with Crippen molar-refractivity contribution in [3.8, 4) is 0 Å². The molecule has 0 bridgehead atoms. The van der Waals surface area contributed by atoms with Crippen LogP contribution >= 0.6 is 0 Å². The number of nitrogens with one attached hydrogen (secondary N) is 2. The number of carbonyl (C=O) groups excluding carboxylic acids is 3. The minimum Gasteiger partial charge on any atom is -0.381 e. The molecule has 0 aromatic carbocycles. The summed E-state index contributed by atoms with van der Waals surface area (Å²) in [6.45, 7) is 3.43. The van der Waals surface area contributed by atoms with Crippen LogP contribution in [0.1, 0.15) is 61.4 Å². The fourth-order valence-electron chi connectivity index (χ4n) is 4.43. The molecule has 8 nitrogen and oxygen atoms in total. The first kappa shape index (κ1) is 25.9. The van der Waals surface area contributed by atoms with Crippen molar-refractivity contribution < 1.29 is 32.3 Å². The zero-order chi connectivity index (χ0) is 24.8. The minimum absolute atomic E-state index is 0.134. The third kappa shape index (κ3) is 6.25. The molecule has 1 spiro atoms. The lowest BCUT2D eigenvalue weighted by molar-refractivity contribution is -0.138. The van der Waals surface area contributed by atoms with Crippen molar-refractivity contribution in [3.63, 3.8) is 0 Å². The summed E-state index contributed by atoms with van der Waals surface area (Å²) in [7, 11) is 0. The van der Waals surface area contributed by atoms with E-state index in [0.29, 0.717) is 45.4 Å². The molecule has 0 radical (unpaired) electrons. The molecule has 188 valence electrons. The zero-order valence-corrected chi connectivity index (χ0v) is 19.2. The predicted molar refractivity (Wildman–Crippen MR) is 117 cm³/mol. The third-order valence-electron chi connectivity index (χ3n) is 6.55. The number of halogens is 3. The molecule has 0 unspecified atom stereocenters. The van der Waals surface area contributed by atoms with Gasteiger partial charge in [0, 0.05) is 45.2 Å². The SMILES string of the molecule is C[C@@H]1NC(=O)C2(CCCCOCCCNC1=O)CCN(C(=O)c1cnccc1C(F)(F)F)CC2. The molecule has 11 heteroatoms. The molecule has 3 rings (SSSR count). The number of carbonyl (C=O) groups is 3. The summed E-state index contributed by atoms with van der Waals surface area (Å²) in [5.74, 6) is -1.31. The van der Waals surface area contributed by atoms with E-state index in [2.05, 4.69) is 15.6 Å². The lowest BCUT2D eigenvalue weighted by Crippen LogP contribution is -2.54. The lowest BCUT2D eigenvalue weighted by atomic mass is 9.73. The van der Waals surface area contributed by atoms with Crippen molar-refractivity contribution in [1.29, 1.82) is 0 Å². The maximum absolute atomic E-state index is 13.4. The first-order valence-electron chi connectivity index (χ1n) is 11.6. The van der Waals surface area contributed by atoms with Crippen LogP contribution in [0.2, 0.25) is 0 Å². The van der Waals surface area contributed by atoms with Crippen LogP contribution in [-0.2, 0) is 20.5 Å². The highest BCUT2D eigenvalue weighted by atomic mass is 19.4. The number of amides is 3. The highest BCUT2D eigenvalue weighted by Crippen LogP contribution is 2.38. The summed E-state index contributed by atoms with van der Waals surface area (Å²) in [6, 6.07) is 0.0655. The van der Waals surface area contributed by atoms with Crippen LogP contribution in [0.5, 0.6) is 0 Å². The van der Waals surface area contributed by atoms with E-state index >= 15 is 0 Å². The Hall–Kier alpha value is -2.69. The Bertz CT molecular complexity index is 885. The van der Waals surface area contributed by atoms with E-state index in [-0.39, 0.29) is 24.9 Å². The first-order valence-corrected chi connectivity index (χ1v) is 11.6. The van der Waals surface area contributed by atoms with Crippen molar-refractivity contribution in [2.24, 2.45) is 5.41 Å². The van der Waals surface area contributed by atoms with Crippen LogP contribution in [0.4, 0.5) is 13.2 Å². The number of aromatic nitrogens is 1. The maximum Gasteiger partial charge on any atom is 0.417 e. The Morgan fingerprint density at radius 1 is 1.15 bits per heavy atom. The summed E-state index contributed by atoms with van der Waals surface area (Å²) in [4.78, 5) is 43.5. The van der Waals surface area contributed by atoms with Crippen LogP contribution in [0.15, 0.2) is 18.5 Å². The predicted octanol–water partition coefficient (Wildman–Crippen LogP) is 2.53. The van der Waals surface area contributed by atoms with Gasteiger partial charge in [0.15, 0.2) is 0 Å². The molecular weight excluding hydrogens is 453 g/mol. The Morgan fingerprint density at radius 2 is 1.85 bits per heavy atom. The Labute approximate surface area is 196 Å². The van der Waals surface area contributed by atoms with Crippen molar-refractivity contribution in [1.82, 2.24) is 20.5 Å². The second-order valence-corrected chi connectivity index (χ2v) is 8.90. The largest absolute Gasteiger partial charge is 0.417 e. The molecule has 0 saturated carbocycles. The van der Waals surface area contributed by atoms with Gasteiger partial charge in [-0.05, 0) is 45.1 Å². The van der Waals surface area contributed by atoms with E-state index in [1.54, 1.807) is 6.92 Å². The van der Waals surface area contributed by atoms with Gasteiger partial charge in [-0.25, -0.2) is 0 Å². The van der Waals surface area contributed by atoms with Crippen LogP contribution in [-0.4, -0.2) is 66.5 Å². The van der Waals surface area contributed by atoms with E-state index < -0.39 is 34.7 Å². The van der Waals surface area contributed by atoms with Gasteiger partial charge in [-0.3, -0.25) is 19.4 Å². The standard InChI is InChI=1S/C23H31F3N4O4/c1-16-19(31)28-9-4-14-34-13-3-2-6-22(21(33)29-16)7-11-30(12-8-22)20(32)17-15-27-10-5-18(17)23(24,25)26/h5,10,15-16H,2-4,6-9,11-14H2,1H3,(H,28,31)(H,29,33)/t16-/m0/s1. The van der Waals surface area contributed by atoms with Gasteiger partial charge >= 0.3 is 6.18 Å². The quantitative estimate of drug-likeness (QED) is 0.638. The van der Waals surface area contributed by atoms with Crippen LogP contribution in [0.3, 0.4) is 0 Å². The number of ether oxygens (including phenoxy) is 1. The molecular formula is C23H31F3N4O4. The maximum atomic E-state index is 13.4. The Kier molecular flexibility index (Phi) is 8.51. The molecule has 2 N–H and O–H groups in total. The van der Waals surface area contributed by atoms with Crippen LogP contribution in [0, 0.1) is 5.41 Å². The molecule has 1 aromatic rings. The van der Waals surface area contributed by atoms with Gasteiger partial charge in [-0.2, -0.15) is 13.2 Å². The molecule has 3 amide bonds. The minimum atomic E-state index is -4.67. The van der Waals surface area contributed by atoms with Crippen LogP contribution in [0.25, 0.3) is 0 Å². The zero-order valence-electron chi connectivity index (χ0n) is 19.2. The summed E-state index contributed by atoms with van der Waals surface area (Å²) in [5.41, 5.74) is -2.33. The van der Waals surface area contributed by atoms with Gasteiger partial charge in [0.25, 0.3) is 5.91 Å². The summed E-state index contributed by atoms with van der Waals surface area (Å²) < 4.78 is 45.7. The van der Waals surface area contributed by atoms with Crippen molar-refractivity contribution >= 4 is 17.7 Å². The van der Waals surface area contributed by atoms with E-state index in [1.807, 2.05) is 0 Å². The van der Waals surface area contributed by atoms with E-state index in [4.69, 9.17) is 4.74 Å². The van der Waals surface area contributed by atoms with Gasteiger partial charge in [-0.15, -0.1) is 0 Å². The molecule has 2 aliphatic heterocycles. The summed E-state index contributed by atoms with van der Waals surface area (Å²) in [6.07, 6.45) is 0.576. The smallest absolute Gasteiger partial charge is 0.381 e. The number of nitrogens with zero attached hydrogens (tertiary/aromatic N) is 2. The molecule has 3 heterocycles. The molecule has 2 aliphatic rings. The van der Waals surface area contributed by atoms with Crippen molar-refractivity contribution in [3.05, 3.63) is 29.6 Å². The van der Waals surface area contributed by atoms with E-state index in [9.17, 15) is 27.6 Å². The van der Waals surface area contributed by atoms with Gasteiger partial charge in [0.2, 0.25) is 11.8 Å². The fraction of sp³-hybridized carbons (Fsp3) is 0.652. The van der Waals surface area contributed by atoms with Gasteiger partial charge in [-0.1, -0.05) is 6.42 Å². The highest BCUT2D eigenvalue weighted by Gasteiger charge is 2.44. The number of piperidine rings is 1. The average Bonchev–Trinajstić information content (AvgIpc) is 2.81. The van der Waals surface area contributed by atoms with Crippen molar-refractivity contribution in [2.75, 3.05) is 32.8 Å². The van der Waals surface area contributed by atoms with Crippen molar-refractivity contribution in [2.45, 2.75) is 57.7 Å². The first-order chi connectivity index (χ1) is 16.1. The molecule has 34 heavy (non-hydrogen) atoms. The van der Waals surface area contributed by atoms with E-state index in [0.717, 1.165) is 31.3 Å². The van der Waals surface area contributed by atoms with Gasteiger partial charge < -0.3 is 20.3 Å². The summed E-state index contributed by atoms with van der Waals surface area (Å²) >= 11 is 0. The average molecular weight is 485 g/mol. The Morgan fingerprint density at radius 3 is 2.56 bits per heavy atom. The number of hydrogen-bond acceptors (Lipinski definition) is 5. The third-order valence-corrected chi connectivity index (χ3v) is 6.55. The molecule has 1 atom stereocenters. The molecule has 0 aliphatic carbocycles. The van der Waals surface area contributed by atoms with Crippen LogP contribution < -0.4 is 10.6 Å². The fourth-order valence-corrected chi connectivity index (χ4v) is 4.43. The Balaban J connectivity index is 1.73. The highest BCUT2D eigenvalue weighted by molar-refractivity contribution is 5.96. The molecule has 1 aromatic heterocycles. The normalized spacial score (nSPS) is 23.1. The number of hydrogen-bond donors (Lipinski definition) is 2. The molecule has 2 saturated heterocycles. The monoisotopic (exact) mass is 484 g/mol. The second-order valence-electron chi connectivity index (χ2n) is 8.90. The van der Waals surface area contributed by atoms with Gasteiger partial charge in [0.05, 0.1) is 16.5 Å². The topological polar surface area (TPSA) is 101 Å².